The highest BCUT2D eigenvalue weighted by Gasteiger charge is 2.28. The molecule has 0 spiro atoms. The zero-order valence-corrected chi connectivity index (χ0v) is 10.5. The maximum absolute atomic E-state index is 11.7. The molecular formula is C13H24N2O. The molecule has 3 atom stereocenters. The average Bonchev–Trinajstić information content (AvgIpc) is 3.06. The van der Waals surface area contributed by atoms with Crippen molar-refractivity contribution < 1.29 is 4.79 Å². The Morgan fingerprint density at radius 2 is 1.94 bits per heavy atom. The molecule has 0 heterocycles. The van der Waals surface area contributed by atoms with Crippen molar-refractivity contribution in [2.45, 2.75) is 52.0 Å². The van der Waals surface area contributed by atoms with Crippen molar-refractivity contribution >= 4 is 6.03 Å². The summed E-state index contributed by atoms with van der Waals surface area (Å²) in [4.78, 5) is 11.7. The van der Waals surface area contributed by atoms with Crippen LogP contribution < -0.4 is 10.6 Å². The second-order valence-corrected chi connectivity index (χ2v) is 5.67. The molecule has 3 nitrogen and oxygen atoms in total. The van der Waals surface area contributed by atoms with Crippen LogP contribution in [0.2, 0.25) is 0 Å². The molecular weight excluding hydrogens is 200 g/mol. The highest BCUT2D eigenvalue weighted by atomic mass is 16.2. The summed E-state index contributed by atoms with van der Waals surface area (Å²) >= 11 is 0. The molecule has 2 aliphatic rings. The molecule has 2 saturated carbocycles. The fourth-order valence-corrected chi connectivity index (χ4v) is 2.56. The lowest BCUT2D eigenvalue weighted by molar-refractivity contribution is 0.195. The lowest BCUT2D eigenvalue weighted by atomic mass is 9.78. The Morgan fingerprint density at radius 3 is 2.62 bits per heavy atom. The number of nitrogens with one attached hydrogen (secondary N) is 2. The molecule has 2 rings (SSSR count). The summed E-state index contributed by atoms with van der Waals surface area (Å²) in [5.74, 6) is 2.11. The molecule has 0 radical (unpaired) electrons. The van der Waals surface area contributed by atoms with Gasteiger partial charge in [-0.2, -0.15) is 0 Å². The van der Waals surface area contributed by atoms with E-state index in [0.29, 0.717) is 12.0 Å². The van der Waals surface area contributed by atoms with Crippen LogP contribution >= 0.6 is 0 Å². The number of hydrogen-bond donors (Lipinski definition) is 2. The van der Waals surface area contributed by atoms with Gasteiger partial charge in [-0.1, -0.05) is 26.7 Å². The summed E-state index contributed by atoms with van der Waals surface area (Å²) in [6.45, 7) is 5.42. The molecule has 0 aliphatic heterocycles. The summed E-state index contributed by atoms with van der Waals surface area (Å²) < 4.78 is 0. The van der Waals surface area contributed by atoms with Crippen LogP contribution in [0.15, 0.2) is 0 Å². The van der Waals surface area contributed by atoms with Gasteiger partial charge in [-0.3, -0.25) is 0 Å². The molecule has 2 N–H and O–H groups in total. The zero-order chi connectivity index (χ0) is 11.5. The molecule has 2 aliphatic carbocycles. The molecule has 92 valence electrons. The van der Waals surface area contributed by atoms with Crippen LogP contribution in [0.4, 0.5) is 4.79 Å². The van der Waals surface area contributed by atoms with Crippen LogP contribution in [0.1, 0.15) is 46.0 Å². The van der Waals surface area contributed by atoms with E-state index in [0.717, 1.165) is 24.8 Å². The average molecular weight is 224 g/mol. The molecule has 0 aromatic carbocycles. The molecule has 16 heavy (non-hydrogen) atoms. The molecule has 3 heteroatoms. The Balaban J connectivity index is 1.71. The van der Waals surface area contributed by atoms with E-state index < -0.39 is 0 Å². The van der Waals surface area contributed by atoms with E-state index in [2.05, 4.69) is 24.5 Å². The van der Waals surface area contributed by atoms with Gasteiger partial charge in [-0.25, -0.2) is 4.79 Å². The largest absolute Gasteiger partial charge is 0.338 e. The van der Waals surface area contributed by atoms with Gasteiger partial charge in [0, 0.05) is 12.6 Å². The van der Waals surface area contributed by atoms with E-state index in [1.54, 1.807) is 0 Å². The number of amides is 2. The first-order chi connectivity index (χ1) is 7.66. The van der Waals surface area contributed by atoms with E-state index in [9.17, 15) is 4.79 Å². The number of hydrogen-bond acceptors (Lipinski definition) is 1. The number of urea groups is 1. The van der Waals surface area contributed by atoms with Gasteiger partial charge in [0.25, 0.3) is 0 Å². The van der Waals surface area contributed by atoms with E-state index in [4.69, 9.17) is 0 Å². The Hall–Kier alpha value is -0.730. The predicted octanol–water partition coefficient (Wildman–Crippen LogP) is 2.52. The van der Waals surface area contributed by atoms with Crippen molar-refractivity contribution in [1.82, 2.24) is 10.6 Å². The quantitative estimate of drug-likeness (QED) is 0.760. The smallest absolute Gasteiger partial charge is 0.315 e. The number of rotatable bonds is 3. The summed E-state index contributed by atoms with van der Waals surface area (Å²) in [5.41, 5.74) is 0. The third-order valence-electron chi connectivity index (χ3n) is 4.27. The predicted molar refractivity (Wildman–Crippen MR) is 65.2 cm³/mol. The minimum absolute atomic E-state index is 0.0397. The minimum Gasteiger partial charge on any atom is -0.338 e. The Morgan fingerprint density at radius 1 is 1.19 bits per heavy atom. The molecule has 0 bridgehead atoms. The van der Waals surface area contributed by atoms with Crippen LogP contribution in [0.5, 0.6) is 0 Å². The van der Waals surface area contributed by atoms with Crippen LogP contribution in [0, 0.1) is 17.8 Å². The first-order valence-corrected chi connectivity index (χ1v) is 6.71. The van der Waals surface area contributed by atoms with Gasteiger partial charge < -0.3 is 10.6 Å². The highest BCUT2D eigenvalue weighted by Crippen LogP contribution is 2.29. The van der Waals surface area contributed by atoms with Gasteiger partial charge in [0.2, 0.25) is 0 Å². The Labute approximate surface area is 98.4 Å². The van der Waals surface area contributed by atoms with E-state index in [1.165, 1.54) is 25.7 Å². The third-order valence-corrected chi connectivity index (χ3v) is 4.27. The monoisotopic (exact) mass is 224 g/mol. The maximum atomic E-state index is 11.7. The normalized spacial score (nSPS) is 34.5. The summed E-state index contributed by atoms with van der Waals surface area (Å²) in [6.07, 6.45) is 6.28. The van der Waals surface area contributed by atoms with Crippen molar-refractivity contribution in [3.63, 3.8) is 0 Å². The first-order valence-electron chi connectivity index (χ1n) is 6.71. The molecule has 0 aromatic heterocycles. The summed E-state index contributed by atoms with van der Waals surface area (Å²) in [7, 11) is 0. The molecule has 0 saturated heterocycles. The van der Waals surface area contributed by atoms with Gasteiger partial charge in [0.1, 0.15) is 0 Å². The van der Waals surface area contributed by atoms with Gasteiger partial charge in [0.05, 0.1) is 0 Å². The molecule has 0 aromatic rings. The fourth-order valence-electron chi connectivity index (χ4n) is 2.56. The second-order valence-electron chi connectivity index (χ2n) is 5.67. The summed E-state index contributed by atoms with van der Waals surface area (Å²) in [6, 6.07) is 0.417. The van der Waals surface area contributed by atoms with Crippen molar-refractivity contribution in [2.24, 2.45) is 17.8 Å². The molecule has 2 fully saturated rings. The SMILES string of the molecule is C[C@H]1[C@H](C)CCC[C@H]1NC(=O)NCC1CC1. The lowest BCUT2D eigenvalue weighted by Crippen LogP contribution is -2.48. The molecule has 0 unspecified atom stereocenters. The van der Waals surface area contributed by atoms with Gasteiger partial charge in [-0.15, -0.1) is 0 Å². The van der Waals surface area contributed by atoms with Gasteiger partial charge in [0.15, 0.2) is 0 Å². The van der Waals surface area contributed by atoms with E-state index in [1.807, 2.05) is 0 Å². The highest BCUT2D eigenvalue weighted by molar-refractivity contribution is 5.74. The number of carbonyl (C=O) groups is 1. The standard InChI is InChI=1S/C13H24N2O/c1-9-4-3-5-12(10(9)2)15-13(16)14-8-11-6-7-11/h9-12H,3-8H2,1-2H3,(H2,14,15,16)/t9-,10+,12-/m1/s1. The third kappa shape index (κ3) is 3.13. The van der Waals surface area contributed by atoms with E-state index >= 15 is 0 Å². The maximum Gasteiger partial charge on any atom is 0.315 e. The lowest BCUT2D eigenvalue weighted by Gasteiger charge is -2.34. The second kappa shape index (κ2) is 5.07. The van der Waals surface area contributed by atoms with Crippen molar-refractivity contribution in [3.8, 4) is 0 Å². The fraction of sp³-hybridized carbons (Fsp3) is 0.923. The van der Waals surface area contributed by atoms with Crippen LogP contribution in [0.3, 0.4) is 0 Å². The Bertz CT molecular complexity index is 250. The van der Waals surface area contributed by atoms with Crippen molar-refractivity contribution in [3.05, 3.63) is 0 Å². The van der Waals surface area contributed by atoms with E-state index in [-0.39, 0.29) is 6.03 Å². The molecule has 2 amide bonds. The Kier molecular flexibility index (Phi) is 3.72. The van der Waals surface area contributed by atoms with Crippen molar-refractivity contribution in [1.29, 1.82) is 0 Å². The van der Waals surface area contributed by atoms with Gasteiger partial charge >= 0.3 is 6.03 Å². The minimum atomic E-state index is 0.0397. The summed E-state index contributed by atoms with van der Waals surface area (Å²) in [5, 5.41) is 6.11. The van der Waals surface area contributed by atoms with Crippen molar-refractivity contribution in [2.75, 3.05) is 6.54 Å². The van der Waals surface area contributed by atoms with Gasteiger partial charge in [-0.05, 0) is 37.0 Å². The van der Waals surface area contributed by atoms with Crippen LogP contribution in [-0.2, 0) is 0 Å². The first kappa shape index (κ1) is 11.7. The topological polar surface area (TPSA) is 41.1 Å². The van der Waals surface area contributed by atoms with Crippen LogP contribution in [0.25, 0.3) is 0 Å². The number of carbonyl (C=O) groups excluding carboxylic acids is 1. The zero-order valence-electron chi connectivity index (χ0n) is 10.5. The van der Waals surface area contributed by atoms with Crippen LogP contribution in [-0.4, -0.2) is 18.6 Å².